The molecule has 1 N–H and O–H groups in total. The van der Waals surface area contributed by atoms with Crippen LogP contribution in [0.4, 0.5) is 4.39 Å². The van der Waals surface area contributed by atoms with Crippen LogP contribution in [0.3, 0.4) is 0 Å². The van der Waals surface area contributed by atoms with Crippen LogP contribution in [0.1, 0.15) is 10.4 Å². The Morgan fingerprint density at radius 3 is 2.06 bits per heavy atom. The predicted octanol–water partition coefficient (Wildman–Crippen LogP) is 1.12. The number of hydrogen-bond acceptors (Lipinski definition) is 5. The van der Waals surface area contributed by atoms with Gasteiger partial charge in [0.2, 0.25) is 11.6 Å². The molecule has 0 amide bonds. The van der Waals surface area contributed by atoms with E-state index in [2.05, 4.69) is 0 Å². The molecular weight excluding hydrogens is 247 g/mol. The molecular formula is C11H11FO6. The number of carboxylic acids is 1. The first kappa shape index (κ1) is 13.8. The average molecular weight is 258 g/mol. The van der Waals surface area contributed by atoms with Gasteiger partial charge in [-0.3, -0.25) is 4.79 Å². The number of methoxy groups -OCH3 is 3. The average Bonchev–Trinajstić information content (AvgIpc) is 2.36. The Morgan fingerprint density at radius 2 is 1.67 bits per heavy atom. The molecule has 7 heteroatoms. The molecule has 0 fully saturated rings. The van der Waals surface area contributed by atoms with Gasteiger partial charge in [-0.2, -0.15) is 4.39 Å². The minimum Gasteiger partial charge on any atom is -0.493 e. The zero-order valence-corrected chi connectivity index (χ0v) is 9.94. The topological polar surface area (TPSA) is 82.1 Å². The lowest BCUT2D eigenvalue weighted by atomic mass is 10.1. The SMILES string of the molecule is COc1cc(C(=O)C(=O)O)c(OC)c(F)c1OC. The number of hydrogen-bond donors (Lipinski definition) is 1. The van der Waals surface area contributed by atoms with Gasteiger partial charge >= 0.3 is 5.97 Å². The van der Waals surface area contributed by atoms with Crippen molar-refractivity contribution in [3.05, 3.63) is 17.4 Å². The Bertz CT molecular complexity index is 497. The van der Waals surface area contributed by atoms with Crippen molar-refractivity contribution in [2.45, 2.75) is 0 Å². The Morgan fingerprint density at radius 1 is 1.11 bits per heavy atom. The maximum Gasteiger partial charge on any atom is 0.377 e. The summed E-state index contributed by atoms with van der Waals surface area (Å²) in [4.78, 5) is 22.0. The van der Waals surface area contributed by atoms with E-state index < -0.39 is 28.9 Å². The van der Waals surface area contributed by atoms with E-state index in [9.17, 15) is 14.0 Å². The Kier molecular flexibility index (Phi) is 4.09. The Labute approximate surface area is 102 Å². The number of ketones is 1. The van der Waals surface area contributed by atoms with Crippen LogP contribution in [-0.2, 0) is 4.79 Å². The van der Waals surface area contributed by atoms with Crippen LogP contribution in [0.15, 0.2) is 6.07 Å². The molecule has 0 radical (unpaired) electrons. The van der Waals surface area contributed by atoms with E-state index in [1.54, 1.807) is 0 Å². The van der Waals surface area contributed by atoms with Gasteiger partial charge in [0.25, 0.3) is 5.78 Å². The molecule has 1 aromatic rings. The quantitative estimate of drug-likeness (QED) is 0.629. The normalized spacial score (nSPS) is 9.78. The number of carboxylic acid groups (broad SMARTS) is 1. The maximum atomic E-state index is 13.9. The fourth-order valence-electron chi connectivity index (χ4n) is 1.42. The molecule has 0 spiro atoms. The molecule has 0 aliphatic heterocycles. The number of benzene rings is 1. The summed E-state index contributed by atoms with van der Waals surface area (Å²) < 4.78 is 28.2. The minimum atomic E-state index is -1.72. The molecule has 0 bridgehead atoms. The van der Waals surface area contributed by atoms with Gasteiger partial charge in [0.15, 0.2) is 11.5 Å². The molecule has 0 aromatic heterocycles. The summed E-state index contributed by atoms with van der Waals surface area (Å²) in [6.45, 7) is 0. The van der Waals surface area contributed by atoms with Crippen LogP contribution in [-0.4, -0.2) is 38.2 Å². The van der Waals surface area contributed by atoms with E-state index in [0.717, 1.165) is 13.2 Å². The fourth-order valence-corrected chi connectivity index (χ4v) is 1.42. The molecule has 18 heavy (non-hydrogen) atoms. The zero-order valence-electron chi connectivity index (χ0n) is 9.94. The van der Waals surface area contributed by atoms with E-state index in [-0.39, 0.29) is 11.5 Å². The van der Waals surface area contributed by atoms with E-state index in [1.165, 1.54) is 14.2 Å². The van der Waals surface area contributed by atoms with E-state index in [4.69, 9.17) is 19.3 Å². The lowest BCUT2D eigenvalue weighted by Gasteiger charge is -2.13. The first-order chi connectivity index (χ1) is 8.47. The second-order valence-electron chi connectivity index (χ2n) is 3.14. The number of carbonyl (C=O) groups is 2. The maximum absolute atomic E-state index is 13.9. The monoisotopic (exact) mass is 258 g/mol. The van der Waals surface area contributed by atoms with Crippen molar-refractivity contribution in [2.24, 2.45) is 0 Å². The number of rotatable bonds is 5. The van der Waals surface area contributed by atoms with Gasteiger partial charge in [-0.05, 0) is 6.07 Å². The molecule has 0 saturated carbocycles. The highest BCUT2D eigenvalue weighted by Gasteiger charge is 2.27. The largest absolute Gasteiger partial charge is 0.493 e. The first-order valence-corrected chi connectivity index (χ1v) is 4.74. The van der Waals surface area contributed by atoms with Crippen LogP contribution in [0.25, 0.3) is 0 Å². The molecule has 0 heterocycles. The van der Waals surface area contributed by atoms with Gasteiger partial charge in [0.05, 0.1) is 26.9 Å². The predicted molar refractivity (Wildman–Crippen MR) is 58.0 cm³/mol. The number of ether oxygens (including phenoxy) is 3. The highest BCUT2D eigenvalue weighted by molar-refractivity contribution is 6.40. The molecule has 0 unspecified atom stereocenters. The van der Waals surface area contributed by atoms with Crippen molar-refractivity contribution in [3.8, 4) is 17.2 Å². The van der Waals surface area contributed by atoms with Gasteiger partial charge in [0, 0.05) is 0 Å². The lowest BCUT2D eigenvalue weighted by molar-refractivity contribution is -0.131. The summed E-state index contributed by atoms with van der Waals surface area (Å²) >= 11 is 0. The van der Waals surface area contributed by atoms with Crippen molar-refractivity contribution < 1.29 is 33.3 Å². The van der Waals surface area contributed by atoms with Crippen LogP contribution in [0.2, 0.25) is 0 Å². The van der Waals surface area contributed by atoms with E-state index in [0.29, 0.717) is 0 Å². The summed E-state index contributed by atoms with van der Waals surface area (Å²) in [7, 11) is 3.56. The smallest absolute Gasteiger partial charge is 0.377 e. The number of carbonyl (C=O) groups excluding carboxylic acids is 1. The Balaban J connectivity index is 3.57. The number of aliphatic carboxylic acids is 1. The third-order valence-electron chi connectivity index (χ3n) is 2.21. The fraction of sp³-hybridized carbons (Fsp3) is 0.273. The van der Waals surface area contributed by atoms with Crippen LogP contribution in [0.5, 0.6) is 17.2 Å². The molecule has 6 nitrogen and oxygen atoms in total. The summed E-state index contributed by atoms with van der Waals surface area (Å²) in [5.74, 6) is -4.88. The number of halogens is 1. The second-order valence-corrected chi connectivity index (χ2v) is 3.14. The van der Waals surface area contributed by atoms with Crippen LogP contribution in [0, 0.1) is 5.82 Å². The van der Waals surface area contributed by atoms with Crippen LogP contribution >= 0.6 is 0 Å². The summed E-state index contributed by atoms with van der Waals surface area (Å²) in [6.07, 6.45) is 0. The molecule has 1 aromatic carbocycles. The highest BCUT2D eigenvalue weighted by atomic mass is 19.1. The van der Waals surface area contributed by atoms with Gasteiger partial charge < -0.3 is 19.3 Å². The van der Waals surface area contributed by atoms with Gasteiger partial charge in [0.1, 0.15) is 0 Å². The minimum absolute atomic E-state index is 0.0969. The van der Waals surface area contributed by atoms with Crippen molar-refractivity contribution in [1.82, 2.24) is 0 Å². The standard InChI is InChI=1S/C11H11FO6/c1-16-6-4-5(8(13)11(14)15)9(17-2)7(12)10(6)18-3/h4H,1-3H3,(H,14,15). The molecule has 98 valence electrons. The van der Waals surface area contributed by atoms with Gasteiger partial charge in [-0.25, -0.2) is 4.79 Å². The highest BCUT2D eigenvalue weighted by Crippen LogP contribution is 2.38. The van der Waals surface area contributed by atoms with Crippen LogP contribution < -0.4 is 14.2 Å². The molecule has 0 aliphatic carbocycles. The summed E-state index contributed by atoms with van der Waals surface area (Å²) in [6, 6.07) is 1.05. The van der Waals surface area contributed by atoms with E-state index in [1.807, 2.05) is 0 Å². The summed E-state index contributed by atoms with van der Waals surface area (Å²) in [5.41, 5.74) is -0.444. The van der Waals surface area contributed by atoms with E-state index >= 15 is 0 Å². The number of Topliss-reactive ketones (excluding diaryl/α,β-unsaturated/α-hetero) is 1. The summed E-state index contributed by atoms with van der Waals surface area (Å²) in [5, 5.41) is 8.64. The Hall–Kier alpha value is -2.31. The molecule has 0 aliphatic rings. The molecule has 1 rings (SSSR count). The zero-order chi connectivity index (χ0) is 13.9. The van der Waals surface area contributed by atoms with Crippen molar-refractivity contribution in [3.63, 3.8) is 0 Å². The van der Waals surface area contributed by atoms with Crippen molar-refractivity contribution in [2.75, 3.05) is 21.3 Å². The third-order valence-corrected chi connectivity index (χ3v) is 2.21. The first-order valence-electron chi connectivity index (χ1n) is 4.74. The molecule has 0 atom stereocenters. The van der Waals surface area contributed by atoms with Crippen molar-refractivity contribution >= 4 is 11.8 Å². The third kappa shape index (κ3) is 2.20. The van der Waals surface area contributed by atoms with Crippen molar-refractivity contribution in [1.29, 1.82) is 0 Å². The molecule has 0 saturated heterocycles. The lowest BCUT2D eigenvalue weighted by Crippen LogP contribution is -2.15. The van der Waals surface area contributed by atoms with Gasteiger partial charge in [-0.1, -0.05) is 0 Å². The van der Waals surface area contributed by atoms with Gasteiger partial charge in [-0.15, -0.1) is 0 Å². The second kappa shape index (κ2) is 5.35.